The molecule has 1 unspecified atom stereocenters. The van der Waals surface area contributed by atoms with Crippen LogP contribution in [0.3, 0.4) is 0 Å². The highest BCUT2D eigenvalue weighted by atomic mass is 19.1. The highest BCUT2D eigenvalue weighted by molar-refractivity contribution is 5.54. The predicted octanol–water partition coefficient (Wildman–Crippen LogP) is 1.03. The second-order valence-corrected chi connectivity index (χ2v) is 6.04. The number of nitrogens with zero attached hydrogens (tertiary/aromatic N) is 5. The Balaban J connectivity index is 2.25. The van der Waals surface area contributed by atoms with Gasteiger partial charge in [-0.2, -0.15) is 5.26 Å². The normalized spacial score (nSPS) is 11.8. The fourth-order valence-corrected chi connectivity index (χ4v) is 2.90. The Morgan fingerprint density at radius 1 is 1.19 bits per heavy atom. The highest BCUT2D eigenvalue weighted by Gasteiger charge is 2.25. The molecule has 0 aliphatic heterocycles. The maximum absolute atomic E-state index is 14.5. The summed E-state index contributed by atoms with van der Waals surface area (Å²) in [5, 5.41) is 12.4. The highest BCUT2D eigenvalue weighted by Crippen LogP contribution is 2.27. The minimum Gasteiger partial charge on any atom is -0.356 e. The number of nitrogens with one attached hydrogen (secondary N) is 1. The lowest BCUT2D eigenvalue weighted by molar-refractivity contribution is 0.593. The van der Waals surface area contributed by atoms with E-state index in [4.69, 9.17) is 0 Å². The van der Waals surface area contributed by atoms with Crippen molar-refractivity contribution in [3.8, 4) is 6.07 Å². The average molecular weight is 368 g/mol. The van der Waals surface area contributed by atoms with E-state index in [1.165, 1.54) is 20.2 Å². The van der Waals surface area contributed by atoms with Crippen molar-refractivity contribution in [3.05, 3.63) is 80.3 Å². The maximum Gasteiger partial charge on any atom is 0.332 e. The van der Waals surface area contributed by atoms with E-state index in [1.807, 2.05) is 6.07 Å². The zero-order chi connectivity index (χ0) is 19.7. The number of imidazole rings is 1. The van der Waals surface area contributed by atoms with Crippen LogP contribution in [0.2, 0.25) is 0 Å². The van der Waals surface area contributed by atoms with Gasteiger partial charge in [0.2, 0.25) is 0 Å². The molecule has 0 bridgehead atoms. The molecule has 1 N–H and O–H groups in total. The Morgan fingerprint density at radius 3 is 2.48 bits per heavy atom. The fourth-order valence-electron chi connectivity index (χ4n) is 2.90. The van der Waals surface area contributed by atoms with E-state index in [-0.39, 0.29) is 16.9 Å². The van der Waals surface area contributed by atoms with Gasteiger partial charge in [-0.05, 0) is 6.07 Å². The Labute approximate surface area is 153 Å². The van der Waals surface area contributed by atoms with Crippen LogP contribution in [0.25, 0.3) is 0 Å². The van der Waals surface area contributed by atoms with Crippen molar-refractivity contribution < 1.29 is 4.39 Å². The van der Waals surface area contributed by atoms with Crippen LogP contribution >= 0.6 is 0 Å². The van der Waals surface area contributed by atoms with Gasteiger partial charge in [0, 0.05) is 39.1 Å². The lowest BCUT2D eigenvalue weighted by atomic mass is 10.0. The third kappa shape index (κ3) is 3.01. The Morgan fingerprint density at radius 2 is 1.89 bits per heavy atom. The van der Waals surface area contributed by atoms with Crippen molar-refractivity contribution in [1.29, 1.82) is 5.26 Å². The third-order valence-corrected chi connectivity index (χ3v) is 4.39. The summed E-state index contributed by atoms with van der Waals surface area (Å²) >= 11 is 0. The maximum atomic E-state index is 14.5. The molecule has 1 atom stereocenters. The summed E-state index contributed by atoms with van der Waals surface area (Å²) in [5.74, 6) is -0.0238. The van der Waals surface area contributed by atoms with Crippen molar-refractivity contribution in [3.63, 3.8) is 0 Å². The van der Waals surface area contributed by atoms with Gasteiger partial charge in [-0.1, -0.05) is 18.2 Å². The van der Waals surface area contributed by atoms with Crippen LogP contribution in [0, 0.1) is 17.1 Å². The largest absolute Gasteiger partial charge is 0.356 e. The minimum absolute atomic E-state index is 0.00172. The first kappa shape index (κ1) is 18.1. The zero-order valence-electron chi connectivity index (χ0n) is 15.0. The van der Waals surface area contributed by atoms with Gasteiger partial charge < -0.3 is 9.88 Å². The third-order valence-electron chi connectivity index (χ3n) is 4.39. The molecular formula is C18H17FN6O2. The van der Waals surface area contributed by atoms with E-state index in [2.05, 4.69) is 10.3 Å². The van der Waals surface area contributed by atoms with Crippen molar-refractivity contribution in [2.45, 2.75) is 6.04 Å². The van der Waals surface area contributed by atoms with Crippen molar-refractivity contribution >= 4 is 5.82 Å². The quantitative estimate of drug-likeness (QED) is 0.742. The molecule has 0 spiro atoms. The number of nitriles is 1. The molecule has 27 heavy (non-hydrogen) atoms. The molecule has 0 saturated heterocycles. The fraction of sp³-hybridized carbons (Fsp3) is 0.222. The SMILES string of the molecule is Cn1ccnc1C(Nc1c(C#N)c(=O)n(C)c(=O)n1C)c1ccccc1F. The molecule has 0 amide bonds. The number of aryl methyl sites for hydroxylation is 1. The van der Waals surface area contributed by atoms with Crippen molar-refractivity contribution in [2.24, 2.45) is 21.1 Å². The van der Waals surface area contributed by atoms with Gasteiger partial charge in [-0.25, -0.2) is 14.2 Å². The lowest BCUT2D eigenvalue weighted by Crippen LogP contribution is -2.40. The molecule has 3 rings (SSSR count). The standard InChI is InChI=1S/C18H17FN6O2/c1-23-9-8-21-16(23)14(11-6-4-5-7-13(11)19)22-15-12(10-20)17(26)25(3)18(27)24(15)2/h4-9,14,22H,1-3H3. The first-order valence-electron chi connectivity index (χ1n) is 8.05. The van der Waals surface area contributed by atoms with Gasteiger partial charge in [0.1, 0.15) is 29.6 Å². The number of hydrogen-bond donors (Lipinski definition) is 1. The molecule has 3 aromatic rings. The molecule has 2 aromatic heterocycles. The molecule has 0 radical (unpaired) electrons. The summed E-state index contributed by atoms with van der Waals surface area (Å²) in [6.07, 6.45) is 3.25. The molecule has 0 aliphatic rings. The molecule has 138 valence electrons. The number of benzene rings is 1. The van der Waals surface area contributed by atoms with Gasteiger partial charge in [-0.15, -0.1) is 0 Å². The Kier molecular flexibility index (Phi) is 4.64. The molecule has 0 aliphatic carbocycles. The number of anilines is 1. The molecule has 1 aromatic carbocycles. The molecule has 0 saturated carbocycles. The van der Waals surface area contributed by atoms with E-state index >= 15 is 0 Å². The molecule has 0 fully saturated rings. The van der Waals surface area contributed by atoms with Gasteiger partial charge in [-0.3, -0.25) is 13.9 Å². The molecule has 9 heteroatoms. The summed E-state index contributed by atoms with van der Waals surface area (Å²) in [6, 6.07) is 7.12. The summed E-state index contributed by atoms with van der Waals surface area (Å²) in [4.78, 5) is 28.9. The van der Waals surface area contributed by atoms with Gasteiger partial charge >= 0.3 is 5.69 Å². The topological polar surface area (TPSA) is 97.6 Å². The summed E-state index contributed by atoms with van der Waals surface area (Å²) in [5.41, 5.74) is -1.30. The number of rotatable bonds is 4. The van der Waals surface area contributed by atoms with Crippen molar-refractivity contribution in [1.82, 2.24) is 18.7 Å². The van der Waals surface area contributed by atoms with Gasteiger partial charge in [0.05, 0.1) is 0 Å². The van der Waals surface area contributed by atoms with Crippen LogP contribution in [0.5, 0.6) is 0 Å². The first-order valence-corrected chi connectivity index (χ1v) is 8.05. The summed E-state index contributed by atoms with van der Waals surface area (Å²) < 4.78 is 18.2. The summed E-state index contributed by atoms with van der Waals surface area (Å²) in [7, 11) is 4.47. The van der Waals surface area contributed by atoms with Crippen LogP contribution in [0.4, 0.5) is 10.2 Å². The van der Waals surface area contributed by atoms with E-state index in [0.717, 1.165) is 9.13 Å². The monoisotopic (exact) mass is 368 g/mol. The van der Waals surface area contributed by atoms with Gasteiger partial charge in [0.15, 0.2) is 5.56 Å². The molecule has 8 nitrogen and oxygen atoms in total. The summed E-state index contributed by atoms with van der Waals surface area (Å²) in [6.45, 7) is 0. The Bertz CT molecular complexity index is 1170. The lowest BCUT2D eigenvalue weighted by Gasteiger charge is -2.23. The van der Waals surface area contributed by atoms with Crippen LogP contribution < -0.4 is 16.6 Å². The van der Waals surface area contributed by atoms with Crippen LogP contribution in [0.1, 0.15) is 23.0 Å². The average Bonchev–Trinajstić information content (AvgIpc) is 3.08. The van der Waals surface area contributed by atoms with Gasteiger partial charge in [0.25, 0.3) is 5.56 Å². The van der Waals surface area contributed by atoms with Crippen molar-refractivity contribution in [2.75, 3.05) is 5.32 Å². The second kappa shape index (κ2) is 6.92. The number of hydrogen-bond acceptors (Lipinski definition) is 5. The molecular weight excluding hydrogens is 351 g/mol. The predicted molar refractivity (Wildman–Crippen MR) is 96.7 cm³/mol. The van der Waals surface area contributed by atoms with Crippen LogP contribution in [-0.4, -0.2) is 18.7 Å². The van der Waals surface area contributed by atoms with Crippen LogP contribution in [0.15, 0.2) is 46.2 Å². The molecule has 2 heterocycles. The van der Waals surface area contributed by atoms with E-state index < -0.39 is 23.1 Å². The van der Waals surface area contributed by atoms with Crippen LogP contribution in [-0.2, 0) is 21.1 Å². The number of halogens is 1. The smallest absolute Gasteiger partial charge is 0.332 e. The second-order valence-electron chi connectivity index (χ2n) is 6.04. The van der Waals surface area contributed by atoms with E-state index in [0.29, 0.717) is 5.82 Å². The minimum atomic E-state index is -0.823. The van der Waals surface area contributed by atoms with E-state index in [9.17, 15) is 19.2 Å². The van der Waals surface area contributed by atoms with E-state index in [1.54, 1.807) is 42.2 Å². The first-order chi connectivity index (χ1) is 12.9. The zero-order valence-corrected chi connectivity index (χ0v) is 15.0. The number of aromatic nitrogens is 4. The Hall–Kier alpha value is -3.67.